The predicted molar refractivity (Wildman–Crippen MR) is 89.0 cm³/mol. The molecule has 0 saturated carbocycles. The maximum Gasteiger partial charge on any atom is 0.304 e. The fraction of sp³-hybridized carbons (Fsp3) is 0.750. The van der Waals surface area contributed by atoms with E-state index in [-0.39, 0.29) is 19.7 Å². The second-order valence-corrected chi connectivity index (χ2v) is 5.87. The molecule has 0 aromatic carbocycles. The van der Waals surface area contributed by atoms with E-state index in [4.69, 9.17) is 29.4 Å². The number of ether oxygens (including phenoxy) is 5. The lowest BCUT2D eigenvalue weighted by atomic mass is 9.96. The molecule has 154 valence electrons. The monoisotopic (exact) mass is 390 g/mol. The van der Waals surface area contributed by atoms with E-state index in [2.05, 4.69) is 5.32 Å². The number of carbonyl (C=O) groups is 4. The van der Waals surface area contributed by atoms with Crippen molar-refractivity contribution in [2.75, 3.05) is 19.7 Å². The average molecular weight is 390 g/mol. The highest BCUT2D eigenvalue weighted by atomic mass is 16.7. The first-order chi connectivity index (χ1) is 12.6. The maximum absolute atomic E-state index is 11.6. The molecule has 11 nitrogen and oxygen atoms in total. The Balaban J connectivity index is 3.22. The van der Waals surface area contributed by atoms with Crippen molar-refractivity contribution in [3.8, 4) is 0 Å². The van der Waals surface area contributed by atoms with Crippen molar-refractivity contribution < 1.29 is 42.9 Å². The first-order valence-electron chi connectivity index (χ1n) is 8.39. The van der Waals surface area contributed by atoms with Crippen LogP contribution in [0.4, 0.5) is 0 Å². The Morgan fingerprint density at radius 1 is 0.889 bits per heavy atom. The molecule has 1 saturated heterocycles. The minimum atomic E-state index is -1.19. The third-order valence-electron chi connectivity index (χ3n) is 3.51. The van der Waals surface area contributed by atoms with Crippen molar-refractivity contribution in [1.29, 1.82) is 0 Å². The summed E-state index contributed by atoms with van der Waals surface area (Å²) in [4.78, 5) is 45.8. The summed E-state index contributed by atoms with van der Waals surface area (Å²) in [5.41, 5.74) is 5.50. The Labute approximate surface area is 156 Å². The van der Waals surface area contributed by atoms with Crippen LogP contribution in [0.3, 0.4) is 0 Å². The van der Waals surface area contributed by atoms with Gasteiger partial charge in [0.15, 0.2) is 12.2 Å². The zero-order chi connectivity index (χ0) is 20.6. The van der Waals surface area contributed by atoms with Crippen LogP contribution in [0.5, 0.6) is 0 Å². The molecular formula is C16H26N2O9. The first-order valence-corrected chi connectivity index (χ1v) is 8.39. The molecular weight excluding hydrogens is 364 g/mol. The highest BCUT2D eigenvalue weighted by molar-refractivity contribution is 5.68. The van der Waals surface area contributed by atoms with E-state index in [9.17, 15) is 19.2 Å². The van der Waals surface area contributed by atoms with Crippen LogP contribution in [0.2, 0.25) is 0 Å². The SMILES string of the molecule is CC(=O)OCC1O[C@H](OC(C)=O)C(NCCN)[C@@H](OC(C)=O)[C@@H]1OC(C)=O. The summed E-state index contributed by atoms with van der Waals surface area (Å²) in [5.74, 6) is -2.53. The van der Waals surface area contributed by atoms with Crippen LogP contribution in [0.1, 0.15) is 27.7 Å². The zero-order valence-corrected chi connectivity index (χ0v) is 15.8. The second-order valence-electron chi connectivity index (χ2n) is 5.87. The van der Waals surface area contributed by atoms with Gasteiger partial charge in [0.25, 0.3) is 0 Å². The minimum absolute atomic E-state index is 0.241. The van der Waals surface area contributed by atoms with Crippen molar-refractivity contribution >= 4 is 23.9 Å². The summed E-state index contributed by atoms with van der Waals surface area (Å²) in [5, 5.41) is 2.97. The van der Waals surface area contributed by atoms with Crippen molar-refractivity contribution in [1.82, 2.24) is 5.32 Å². The van der Waals surface area contributed by atoms with E-state index in [0.717, 1.165) is 0 Å². The van der Waals surface area contributed by atoms with Crippen LogP contribution in [0.15, 0.2) is 0 Å². The van der Waals surface area contributed by atoms with Crippen LogP contribution in [-0.4, -0.2) is 74.2 Å². The largest absolute Gasteiger partial charge is 0.463 e. The van der Waals surface area contributed by atoms with Crippen molar-refractivity contribution in [2.24, 2.45) is 5.73 Å². The normalized spacial score (nSPS) is 27.4. The molecule has 0 radical (unpaired) electrons. The Bertz CT molecular complexity index is 554. The quantitative estimate of drug-likeness (QED) is 0.372. The topological polar surface area (TPSA) is 152 Å². The highest BCUT2D eigenvalue weighted by Crippen LogP contribution is 2.27. The van der Waals surface area contributed by atoms with Crippen LogP contribution in [0, 0.1) is 0 Å². The first kappa shape index (κ1) is 22.8. The van der Waals surface area contributed by atoms with Gasteiger partial charge in [-0.25, -0.2) is 0 Å². The second kappa shape index (κ2) is 10.8. The van der Waals surface area contributed by atoms with E-state index in [1.807, 2.05) is 0 Å². The number of nitrogens with one attached hydrogen (secondary N) is 1. The number of rotatable bonds is 8. The number of hydrogen-bond acceptors (Lipinski definition) is 11. The Hall–Kier alpha value is -2.24. The molecule has 2 unspecified atom stereocenters. The highest BCUT2D eigenvalue weighted by Gasteiger charge is 2.51. The predicted octanol–water partition coefficient (Wildman–Crippen LogP) is -1.38. The van der Waals surface area contributed by atoms with Gasteiger partial charge in [-0.2, -0.15) is 0 Å². The fourth-order valence-electron chi connectivity index (χ4n) is 2.63. The smallest absolute Gasteiger partial charge is 0.304 e. The molecule has 1 heterocycles. The van der Waals surface area contributed by atoms with Crippen LogP contribution in [-0.2, 0) is 42.9 Å². The van der Waals surface area contributed by atoms with E-state index in [1.165, 1.54) is 27.7 Å². The molecule has 0 spiro atoms. The number of carbonyl (C=O) groups excluding carboxylic acids is 4. The molecule has 0 amide bonds. The van der Waals surface area contributed by atoms with Gasteiger partial charge in [-0.1, -0.05) is 0 Å². The van der Waals surface area contributed by atoms with Gasteiger partial charge in [0.2, 0.25) is 6.29 Å². The van der Waals surface area contributed by atoms with E-state index in [0.29, 0.717) is 0 Å². The van der Waals surface area contributed by atoms with Gasteiger partial charge < -0.3 is 34.7 Å². The van der Waals surface area contributed by atoms with Gasteiger partial charge in [0.1, 0.15) is 18.8 Å². The van der Waals surface area contributed by atoms with Crippen LogP contribution in [0.25, 0.3) is 0 Å². The zero-order valence-electron chi connectivity index (χ0n) is 15.8. The molecule has 0 aliphatic carbocycles. The summed E-state index contributed by atoms with van der Waals surface area (Å²) in [7, 11) is 0. The Morgan fingerprint density at radius 3 is 1.93 bits per heavy atom. The number of esters is 4. The van der Waals surface area contributed by atoms with Gasteiger partial charge in [-0.05, 0) is 0 Å². The molecule has 5 atom stereocenters. The lowest BCUT2D eigenvalue weighted by molar-refractivity contribution is -0.271. The van der Waals surface area contributed by atoms with Gasteiger partial charge in [-0.3, -0.25) is 19.2 Å². The van der Waals surface area contributed by atoms with E-state index in [1.54, 1.807) is 0 Å². The maximum atomic E-state index is 11.6. The fourth-order valence-corrected chi connectivity index (χ4v) is 2.63. The molecule has 3 N–H and O–H groups in total. The standard InChI is InChI=1S/C16H26N2O9/c1-8(19)23-7-12-14(24-9(2)20)15(25-10(3)21)13(18-6-5-17)16(27-12)26-11(4)22/h12-16,18H,5-7,17H2,1-4H3/t12?,13?,14-,15-,16+/m1/s1. The summed E-state index contributed by atoms with van der Waals surface area (Å²) in [6, 6.07) is -0.862. The molecule has 1 rings (SSSR count). The lowest BCUT2D eigenvalue weighted by Gasteiger charge is -2.44. The van der Waals surface area contributed by atoms with Crippen LogP contribution >= 0.6 is 0 Å². The Kier molecular flexibility index (Phi) is 9.12. The Morgan fingerprint density at radius 2 is 1.44 bits per heavy atom. The summed E-state index contributed by atoms with van der Waals surface area (Å²) in [6.45, 7) is 4.96. The van der Waals surface area contributed by atoms with Gasteiger partial charge in [0.05, 0.1) is 0 Å². The van der Waals surface area contributed by atoms with E-state index >= 15 is 0 Å². The third-order valence-corrected chi connectivity index (χ3v) is 3.51. The number of nitrogens with two attached hydrogens (primary N) is 1. The minimum Gasteiger partial charge on any atom is -0.463 e. The van der Waals surface area contributed by atoms with Gasteiger partial charge >= 0.3 is 23.9 Å². The molecule has 1 fully saturated rings. The molecule has 27 heavy (non-hydrogen) atoms. The molecule has 11 heteroatoms. The summed E-state index contributed by atoms with van der Waals surface area (Å²) >= 11 is 0. The van der Waals surface area contributed by atoms with Crippen molar-refractivity contribution in [2.45, 2.75) is 58.3 Å². The summed E-state index contributed by atoms with van der Waals surface area (Å²) < 4.78 is 26.4. The van der Waals surface area contributed by atoms with Gasteiger partial charge in [-0.15, -0.1) is 0 Å². The van der Waals surface area contributed by atoms with E-state index < -0.39 is 54.5 Å². The molecule has 0 aromatic heterocycles. The van der Waals surface area contributed by atoms with Gasteiger partial charge in [0, 0.05) is 40.8 Å². The molecule has 0 bridgehead atoms. The average Bonchev–Trinajstić information content (AvgIpc) is 2.53. The third kappa shape index (κ3) is 7.49. The summed E-state index contributed by atoms with van der Waals surface area (Å²) in [6.07, 6.45) is -4.39. The van der Waals surface area contributed by atoms with Crippen molar-refractivity contribution in [3.63, 3.8) is 0 Å². The van der Waals surface area contributed by atoms with Crippen LogP contribution < -0.4 is 11.1 Å². The van der Waals surface area contributed by atoms with Crippen molar-refractivity contribution in [3.05, 3.63) is 0 Å². The lowest BCUT2D eigenvalue weighted by Crippen LogP contribution is -2.66. The molecule has 1 aliphatic rings. The molecule has 1 aliphatic heterocycles. The number of hydrogen-bond donors (Lipinski definition) is 2. The molecule has 0 aromatic rings.